The smallest absolute Gasteiger partial charge is 0.147 e. The van der Waals surface area contributed by atoms with Crippen molar-refractivity contribution in [2.45, 2.75) is 66.0 Å². The van der Waals surface area contributed by atoms with Crippen LogP contribution in [0.25, 0.3) is 11.0 Å². The molecule has 0 saturated carbocycles. The minimum atomic E-state index is 0.450. The number of rotatable bonds is 13. The van der Waals surface area contributed by atoms with Gasteiger partial charge in [-0.05, 0) is 81.7 Å². The van der Waals surface area contributed by atoms with E-state index >= 15 is 0 Å². The monoisotopic (exact) mass is 441 g/mol. The highest BCUT2D eigenvalue weighted by Crippen LogP contribution is 2.23. The van der Waals surface area contributed by atoms with Gasteiger partial charge in [-0.15, -0.1) is 0 Å². The number of fused-ring (bicyclic) bond motifs is 1. The number of hydrogen-bond acceptors (Lipinski definition) is 3. The summed E-state index contributed by atoms with van der Waals surface area (Å²) < 4.78 is 8.39. The summed E-state index contributed by atoms with van der Waals surface area (Å²) in [6, 6.07) is 14.1. The fourth-order valence-corrected chi connectivity index (χ4v) is 4.08. The summed E-state index contributed by atoms with van der Waals surface area (Å²) in [5, 5.41) is 0.716. The summed E-state index contributed by atoms with van der Waals surface area (Å²) in [7, 11) is 0. The highest BCUT2D eigenvalue weighted by atomic mass is 35.5. The number of unbranched alkanes of at least 4 members (excludes halogenated alkanes) is 2. The van der Waals surface area contributed by atoms with E-state index in [-0.39, 0.29) is 0 Å². The van der Waals surface area contributed by atoms with Crippen LogP contribution >= 0.6 is 11.6 Å². The van der Waals surface area contributed by atoms with Crippen LogP contribution in [0.4, 0.5) is 0 Å². The van der Waals surface area contributed by atoms with Gasteiger partial charge in [0.25, 0.3) is 0 Å². The van der Waals surface area contributed by atoms with Crippen LogP contribution in [0.15, 0.2) is 42.5 Å². The lowest BCUT2D eigenvalue weighted by molar-refractivity contribution is 0.254. The van der Waals surface area contributed by atoms with Crippen molar-refractivity contribution in [1.82, 2.24) is 14.5 Å². The third-order valence-corrected chi connectivity index (χ3v) is 5.89. The largest absolute Gasteiger partial charge is 0.486 e. The molecular formula is C26H36ClN3O. The molecule has 0 aliphatic heterocycles. The van der Waals surface area contributed by atoms with Crippen molar-refractivity contribution >= 4 is 22.6 Å². The van der Waals surface area contributed by atoms with E-state index in [2.05, 4.69) is 48.4 Å². The molecule has 31 heavy (non-hydrogen) atoms. The average molecular weight is 442 g/mol. The Morgan fingerprint density at radius 3 is 2.42 bits per heavy atom. The number of nitrogens with zero attached hydrogens (tertiary/aromatic N) is 3. The maximum absolute atomic E-state index is 6.23. The fourth-order valence-electron chi connectivity index (χ4n) is 3.92. The van der Waals surface area contributed by atoms with Crippen molar-refractivity contribution in [3.63, 3.8) is 0 Å². The highest BCUT2D eigenvalue weighted by Gasteiger charge is 2.13. The first-order valence-electron chi connectivity index (χ1n) is 11.7. The maximum Gasteiger partial charge on any atom is 0.147 e. The van der Waals surface area contributed by atoms with Crippen molar-refractivity contribution < 1.29 is 4.74 Å². The lowest BCUT2D eigenvalue weighted by Gasteiger charge is -2.22. The molecule has 168 valence electrons. The maximum atomic E-state index is 6.23. The molecule has 0 bridgehead atoms. The zero-order valence-corrected chi connectivity index (χ0v) is 20.0. The van der Waals surface area contributed by atoms with Gasteiger partial charge in [0.05, 0.1) is 11.0 Å². The second-order valence-electron chi connectivity index (χ2n) is 8.32. The molecule has 0 amide bonds. The molecule has 2 aromatic carbocycles. The summed E-state index contributed by atoms with van der Waals surface area (Å²) in [6.45, 7) is 11.5. The third-order valence-electron chi connectivity index (χ3n) is 5.66. The first kappa shape index (κ1) is 23.6. The SMILES string of the molecule is CCCCN(CCCC)CCCn1c(COc2cccc(C)c2)nc2cc(Cl)ccc21. The van der Waals surface area contributed by atoms with Crippen LogP contribution < -0.4 is 4.74 Å². The Morgan fingerprint density at radius 2 is 1.71 bits per heavy atom. The lowest BCUT2D eigenvalue weighted by atomic mass is 10.2. The number of halogens is 1. The van der Waals surface area contributed by atoms with Crippen molar-refractivity contribution in [3.8, 4) is 5.75 Å². The number of aryl methyl sites for hydroxylation is 2. The van der Waals surface area contributed by atoms with Gasteiger partial charge >= 0.3 is 0 Å². The van der Waals surface area contributed by atoms with Gasteiger partial charge in [0.1, 0.15) is 18.2 Å². The Hall–Kier alpha value is -2.04. The molecule has 1 heterocycles. The van der Waals surface area contributed by atoms with E-state index in [1.165, 1.54) is 44.3 Å². The van der Waals surface area contributed by atoms with E-state index in [0.717, 1.165) is 42.1 Å². The minimum Gasteiger partial charge on any atom is -0.486 e. The van der Waals surface area contributed by atoms with E-state index < -0.39 is 0 Å². The molecule has 0 aliphatic carbocycles. The number of benzene rings is 2. The molecule has 0 atom stereocenters. The molecule has 4 nitrogen and oxygen atoms in total. The number of hydrogen-bond donors (Lipinski definition) is 0. The van der Waals surface area contributed by atoms with Gasteiger partial charge < -0.3 is 14.2 Å². The quantitative estimate of drug-likeness (QED) is 0.290. The third kappa shape index (κ3) is 6.98. The van der Waals surface area contributed by atoms with Gasteiger partial charge in [-0.25, -0.2) is 4.98 Å². The molecule has 1 aromatic heterocycles. The van der Waals surface area contributed by atoms with E-state index in [1.807, 2.05) is 24.3 Å². The average Bonchev–Trinajstić information content (AvgIpc) is 3.10. The summed E-state index contributed by atoms with van der Waals surface area (Å²) in [5.74, 6) is 1.83. The molecule has 5 heteroatoms. The van der Waals surface area contributed by atoms with Crippen LogP contribution in [0.2, 0.25) is 5.02 Å². The minimum absolute atomic E-state index is 0.450. The highest BCUT2D eigenvalue weighted by molar-refractivity contribution is 6.31. The molecule has 0 spiro atoms. The van der Waals surface area contributed by atoms with Crippen molar-refractivity contribution in [2.24, 2.45) is 0 Å². The molecule has 0 N–H and O–H groups in total. The Labute approximate surface area is 192 Å². The van der Waals surface area contributed by atoms with Crippen molar-refractivity contribution in [2.75, 3.05) is 19.6 Å². The predicted octanol–water partition coefficient (Wildman–Crippen LogP) is 6.87. The lowest BCUT2D eigenvalue weighted by Crippen LogP contribution is -2.28. The molecule has 0 radical (unpaired) electrons. The zero-order valence-electron chi connectivity index (χ0n) is 19.2. The van der Waals surface area contributed by atoms with Gasteiger partial charge in [-0.3, -0.25) is 0 Å². The molecular weight excluding hydrogens is 406 g/mol. The van der Waals surface area contributed by atoms with Crippen LogP contribution in [0.3, 0.4) is 0 Å². The molecule has 0 saturated heterocycles. The Kier molecular flexibility index (Phi) is 9.23. The molecule has 3 rings (SSSR count). The number of imidazole rings is 1. The van der Waals surface area contributed by atoms with Gasteiger partial charge in [0.2, 0.25) is 0 Å². The van der Waals surface area contributed by atoms with E-state index in [9.17, 15) is 0 Å². The topological polar surface area (TPSA) is 30.3 Å². The zero-order chi connectivity index (χ0) is 22.1. The van der Waals surface area contributed by atoms with E-state index in [0.29, 0.717) is 11.6 Å². The number of ether oxygens (including phenoxy) is 1. The molecule has 0 aliphatic rings. The first-order valence-corrected chi connectivity index (χ1v) is 12.0. The van der Waals surface area contributed by atoms with Crippen molar-refractivity contribution in [1.29, 1.82) is 0 Å². The Morgan fingerprint density at radius 1 is 0.968 bits per heavy atom. The van der Waals surface area contributed by atoms with Gasteiger partial charge in [0, 0.05) is 11.6 Å². The van der Waals surface area contributed by atoms with Crippen LogP contribution in [0, 0.1) is 6.92 Å². The Balaban J connectivity index is 1.71. The molecule has 3 aromatic rings. The molecule has 0 fully saturated rings. The predicted molar refractivity (Wildman–Crippen MR) is 131 cm³/mol. The summed E-state index contributed by atoms with van der Waals surface area (Å²) in [6.07, 6.45) is 6.13. The fraction of sp³-hybridized carbons (Fsp3) is 0.500. The van der Waals surface area contributed by atoms with Crippen LogP contribution in [0.1, 0.15) is 57.3 Å². The van der Waals surface area contributed by atoms with Gasteiger partial charge in [-0.1, -0.05) is 50.4 Å². The van der Waals surface area contributed by atoms with E-state index in [4.69, 9.17) is 21.3 Å². The summed E-state index contributed by atoms with van der Waals surface area (Å²) >= 11 is 6.23. The van der Waals surface area contributed by atoms with Gasteiger partial charge in [0.15, 0.2) is 0 Å². The number of aromatic nitrogens is 2. The summed E-state index contributed by atoms with van der Waals surface area (Å²) in [4.78, 5) is 7.46. The second kappa shape index (κ2) is 12.1. The van der Waals surface area contributed by atoms with Crippen LogP contribution in [-0.4, -0.2) is 34.1 Å². The van der Waals surface area contributed by atoms with Gasteiger partial charge in [-0.2, -0.15) is 0 Å². The second-order valence-corrected chi connectivity index (χ2v) is 8.76. The standard InChI is InChI=1S/C26H36ClN3O/c1-4-6-14-29(15-7-5-2)16-9-17-30-25-13-12-22(27)19-24(25)28-26(30)20-31-23-11-8-10-21(3)18-23/h8,10-13,18-19H,4-7,9,14-17,20H2,1-3H3. The molecule has 0 unspecified atom stereocenters. The van der Waals surface area contributed by atoms with Crippen molar-refractivity contribution in [3.05, 3.63) is 58.9 Å². The normalized spacial score (nSPS) is 11.5. The van der Waals surface area contributed by atoms with Crippen LogP contribution in [-0.2, 0) is 13.2 Å². The summed E-state index contributed by atoms with van der Waals surface area (Å²) in [5.41, 5.74) is 3.25. The Bertz CT molecular complexity index is 945. The first-order chi connectivity index (χ1) is 15.1. The van der Waals surface area contributed by atoms with E-state index in [1.54, 1.807) is 0 Å². The van der Waals surface area contributed by atoms with Crippen LogP contribution in [0.5, 0.6) is 5.75 Å².